The Labute approximate surface area is 262 Å². The van der Waals surface area contributed by atoms with E-state index in [4.69, 9.17) is 4.74 Å². The molecule has 8 nitrogen and oxygen atoms in total. The molecule has 1 amide bonds. The molecule has 1 fully saturated rings. The molecule has 0 unspecified atom stereocenters. The van der Waals surface area contributed by atoms with Crippen molar-refractivity contribution in [3.8, 4) is 11.1 Å². The van der Waals surface area contributed by atoms with Crippen molar-refractivity contribution >= 4 is 34.6 Å². The van der Waals surface area contributed by atoms with Gasteiger partial charge in [-0.25, -0.2) is 18.4 Å². The van der Waals surface area contributed by atoms with Gasteiger partial charge in [0.25, 0.3) is 0 Å². The molecule has 2 atom stereocenters. The van der Waals surface area contributed by atoms with Crippen molar-refractivity contribution in [3.05, 3.63) is 51.9 Å². The summed E-state index contributed by atoms with van der Waals surface area (Å²) in [5, 5.41) is 0.581. The number of halogens is 5. The highest BCUT2D eigenvalue weighted by Crippen LogP contribution is 2.44. The third-order valence-corrected chi connectivity index (χ3v) is 9.25. The topological polar surface area (TPSA) is 70.9 Å². The summed E-state index contributed by atoms with van der Waals surface area (Å²) in [5.41, 5.74) is 0.317. The van der Waals surface area contributed by atoms with Gasteiger partial charge in [0.05, 0.1) is 12.1 Å². The van der Waals surface area contributed by atoms with Crippen molar-refractivity contribution in [2.24, 2.45) is 0 Å². The summed E-state index contributed by atoms with van der Waals surface area (Å²) in [6.07, 6.45) is -4.89. The normalized spacial score (nSPS) is 19.3. The van der Waals surface area contributed by atoms with Gasteiger partial charge in [-0.15, -0.1) is 11.8 Å². The second kappa shape index (κ2) is 12.1. The number of anilines is 1. The van der Waals surface area contributed by atoms with Crippen LogP contribution in [0.4, 0.5) is 32.6 Å². The summed E-state index contributed by atoms with van der Waals surface area (Å²) >= 11 is 1.24. The molecule has 2 aliphatic heterocycles. The molecule has 244 valence electrons. The summed E-state index contributed by atoms with van der Waals surface area (Å²) in [6.45, 7) is 8.78. The molecule has 1 saturated heterocycles. The highest BCUT2D eigenvalue weighted by molar-refractivity contribution is 7.99. The van der Waals surface area contributed by atoms with Gasteiger partial charge < -0.3 is 14.5 Å². The van der Waals surface area contributed by atoms with Crippen molar-refractivity contribution in [3.63, 3.8) is 0 Å². The average molecular weight is 654 g/mol. The molecule has 0 saturated carbocycles. The van der Waals surface area contributed by atoms with Gasteiger partial charge in [0.2, 0.25) is 0 Å². The molecule has 2 aromatic carbocycles. The number of likely N-dealkylation sites (N-methyl/N-ethyl adjacent to an activating group) is 1. The molecule has 3 aromatic rings. The summed E-state index contributed by atoms with van der Waals surface area (Å²) in [4.78, 5) is 36.2. The van der Waals surface area contributed by atoms with Crippen LogP contribution >= 0.6 is 11.8 Å². The van der Waals surface area contributed by atoms with Crippen LogP contribution in [0.15, 0.2) is 34.0 Å². The fourth-order valence-corrected chi connectivity index (χ4v) is 7.46. The molecular weight excluding hydrogens is 617 g/mol. The number of ether oxygens (including phenoxy) is 1. The number of carbonyl (C=O) groups excluding carboxylic acids is 1. The summed E-state index contributed by atoms with van der Waals surface area (Å²) in [5.74, 6) is -0.979. The number of rotatable bonds is 4. The summed E-state index contributed by atoms with van der Waals surface area (Å²) in [6, 6.07) is 4.09. The van der Waals surface area contributed by atoms with Crippen molar-refractivity contribution in [1.29, 1.82) is 0 Å². The molecule has 0 N–H and O–H groups in total. The zero-order chi connectivity index (χ0) is 33.0. The van der Waals surface area contributed by atoms with E-state index < -0.39 is 47.8 Å². The van der Waals surface area contributed by atoms with Crippen molar-refractivity contribution in [1.82, 2.24) is 19.4 Å². The van der Waals surface area contributed by atoms with E-state index in [1.54, 1.807) is 38.7 Å². The molecule has 0 aliphatic carbocycles. The van der Waals surface area contributed by atoms with Crippen LogP contribution in [0, 0.1) is 18.6 Å². The molecule has 3 heterocycles. The van der Waals surface area contributed by atoms with Crippen LogP contribution in [0.2, 0.25) is 0 Å². The highest BCUT2D eigenvalue weighted by Gasteiger charge is 2.36. The Balaban J connectivity index is 1.65. The van der Waals surface area contributed by atoms with Crippen molar-refractivity contribution in [2.45, 2.75) is 69.9 Å². The van der Waals surface area contributed by atoms with Gasteiger partial charge in [-0.3, -0.25) is 9.47 Å². The van der Waals surface area contributed by atoms with Crippen LogP contribution < -0.4 is 10.6 Å². The first-order chi connectivity index (χ1) is 20.9. The van der Waals surface area contributed by atoms with Gasteiger partial charge in [-0.05, 0) is 65.4 Å². The first-order valence-corrected chi connectivity index (χ1v) is 15.6. The maximum Gasteiger partial charge on any atom is 0.410 e. The molecule has 2 aliphatic rings. The number of piperazine rings is 1. The molecule has 0 radical (unpaired) electrons. The van der Waals surface area contributed by atoms with E-state index >= 15 is 4.39 Å². The zero-order valence-corrected chi connectivity index (χ0v) is 26.8. The Bertz CT molecular complexity index is 1690. The number of aryl methyl sites for hydroxylation is 1. The number of hydrogen-bond acceptors (Lipinski definition) is 7. The lowest BCUT2D eigenvalue weighted by atomic mass is 9.97. The van der Waals surface area contributed by atoms with Crippen LogP contribution in [0.25, 0.3) is 22.0 Å². The number of amides is 1. The molecule has 1 aromatic heterocycles. The standard InChI is InChI=1S/C31H36F5N5O3S/c1-17-11-22-25-26(24(17)21-8-7-19(32)12-23(21)33)45-15-20(38(6)16-31(34,35)36)14-41(25)28(42)37-27(22)40-10-9-39(13-18(40)2)29(43)44-30(3,4)5/h7-8,11-12,18,20H,9-10,13-16H2,1-6H3/t18-,20-/m0/s1. The van der Waals surface area contributed by atoms with E-state index in [-0.39, 0.29) is 23.9 Å². The predicted octanol–water partition coefficient (Wildman–Crippen LogP) is 6.06. The number of hydrogen-bond donors (Lipinski definition) is 0. The van der Waals surface area contributed by atoms with Gasteiger partial charge in [-0.1, -0.05) is 0 Å². The Kier molecular flexibility index (Phi) is 8.86. The second-order valence-corrected chi connectivity index (χ2v) is 13.7. The SMILES string of the molecule is Cc1cc2c(N3CCN(C(=O)OC(C)(C)C)C[C@@H]3C)nc(=O)n3c2c(c1-c1ccc(F)cc1F)SC[C@@H](N(C)CC(F)(F)F)C3. The maximum absolute atomic E-state index is 15.2. The number of thioether (sulfide) groups is 1. The monoisotopic (exact) mass is 653 g/mol. The highest BCUT2D eigenvalue weighted by atomic mass is 32.2. The first-order valence-electron chi connectivity index (χ1n) is 14.6. The Morgan fingerprint density at radius 2 is 1.84 bits per heavy atom. The molecular formula is C31H36F5N5O3S. The largest absolute Gasteiger partial charge is 0.444 e. The minimum Gasteiger partial charge on any atom is -0.444 e. The predicted molar refractivity (Wildman–Crippen MR) is 164 cm³/mol. The fraction of sp³-hybridized carbons (Fsp3) is 0.516. The van der Waals surface area contributed by atoms with Crippen LogP contribution in [0.3, 0.4) is 0 Å². The molecule has 14 heteroatoms. The third-order valence-electron chi connectivity index (χ3n) is 8.01. The molecule has 0 spiro atoms. The first kappa shape index (κ1) is 33.0. The van der Waals surface area contributed by atoms with Crippen LogP contribution in [0.5, 0.6) is 0 Å². The van der Waals surface area contributed by atoms with Crippen LogP contribution in [0.1, 0.15) is 33.3 Å². The summed E-state index contributed by atoms with van der Waals surface area (Å²) < 4.78 is 76.1. The van der Waals surface area contributed by atoms with Gasteiger partial charge in [0, 0.05) is 71.5 Å². The van der Waals surface area contributed by atoms with Gasteiger partial charge in [-0.2, -0.15) is 18.2 Å². The van der Waals surface area contributed by atoms with E-state index in [2.05, 4.69) is 4.98 Å². The number of benzene rings is 2. The van der Waals surface area contributed by atoms with Crippen molar-refractivity contribution in [2.75, 3.05) is 43.9 Å². The summed E-state index contributed by atoms with van der Waals surface area (Å²) in [7, 11) is 1.36. The lowest BCUT2D eigenvalue weighted by Gasteiger charge is -2.41. The molecule has 0 bridgehead atoms. The van der Waals surface area contributed by atoms with Gasteiger partial charge in [0.15, 0.2) is 0 Å². The van der Waals surface area contributed by atoms with Crippen LogP contribution in [-0.2, 0) is 11.3 Å². The van der Waals surface area contributed by atoms with Gasteiger partial charge >= 0.3 is 18.0 Å². The van der Waals surface area contributed by atoms with E-state index in [0.29, 0.717) is 52.4 Å². The maximum atomic E-state index is 15.2. The third kappa shape index (κ3) is 6.91. The number of alkyl halides is 3. The Morgan fingerprint density at radius 3 is 2.47 bits per heavy atom. The van der Waals surface area contributed by atoms with Crippen molar-refractivity contribution < 1.29 is 31.5 Å². The van der Waals surface area contributed by atoms with E-state index in [1.165, 1.54) is 29.4 Å². The zero-order valence-electron chi connectivity index (χ0n) is 26.0. The smallest absolute Gasteiger partial charge is 0.410 e. The second-order valence-electron chi connectivity index (χ2n) is 12.7. The van der Waals surface area contributed by atoms with E-state index in [1.807, 2.05) is 11.8 Å². The minimum atomic E-state index is -4.45. The number of aromatic nitrogens is 2. The van der Waals surface area contributed by atoms with E-state index in [9.17, 15) is 27.2 Å². The fourth-order valence-electron chi connectivity index (χ4n) is 5.96. The van der Waals surface area contributed by atoms with E-state index in [0.717, 1.165) is 17.0 Å². The average Bonchev–Trinajstić information content (AvgIpc) is 3.11. The number of carbonyl (C=O) groups is 1. The number of nitrogens with zero attached hydrogens (tertiary/aromatic N) is 5. The van der Waals surface area contributed by atoms with Gasteiger partial charge in [0.1, 0.15) is 23.1 Å². The molecule has 5 rings (SSSR count). The Morgan fingerprint density at radius 1 is 1.13 bits per heavy atom. The minimum absolute atomic E-state index is 0.0639. The lowest BCUT2D eigenvalue weighted by Crippen LogP contribution is -2.55. The lowest BCUT2D eigenvalue weighted by molar-refractivity contribution is -0.147. The molecule has 45 heavy (non-hydrogen) atoms. The van der Waals surface area contributed by atoms with Crippen LogP contribution in [-0.4, -0.2) is 88.3 Å². The quantitative estimate of drug-likeness (QED) is 0.317. The Hall–Kier alpha value is -3.39.